The van der Waals surface area contributed by atoms with Crippen LogP contribution in [0.5, 0.6) is 5.75 Å². The van der Waals surface area contributed by atoms with Crippen LogP contribution in [0, 0.1) is 11.8 Å². The van der Waals surface area contributed by atoms with Crippen LogP contribution < -0.4 is 4.90 Å². The highest BCUT2D eigenvalue weighted by Crippen LogP contribution is 2.35. The molecular weight excluding hydrogens is 455 g/mol. The summed E-state index contributed by atoms with van der Waals surface area (Å²) in [6, 6.07) is 11.2. The number of fused-ring (bicyclic) bond motifs is 1. The van der Waals surface area contributed by atoms with Crippen molar-refractivity contribution in [1.29, 1.82) is 0 Å². The first-order valence-corrected chi connectivity index (χ1v) is 9.96. The number of phenolic OH excluding ortho intramolecular Hbond substituents is 1. The van der Waals surface area contributed by atoms with Crippen LogP contribution in [0.4, 0.5) is 5.82 Å². The molecule has 0 unspecified atom stereocenters. The minimum Gasteiger partial charge on any atom is -0.507 e. The predicted octanol–water partition coefficient (Wildman–Crippen LogP) is 2.75. The minimum absolute atomic E-state index is 0.169. The topological polar surface area (TPSA) is 70.3 Å². The van der Waals surface area contributed by atoms with Crippen molar-refractivity contribution in [3.05, 3.63) is 48.8 Å². The fourth-order valence-corrected chi connectivity index (χ4v) is 5.07. The highest BCUT2D eigenvalue weighted by molar-refractivity contribution is 14.1. The number of benzene rings is 1. The Bertz CT molecular complexity index is 931. The molecule has 2 aliphatic heterocycles. The van der Waals surface area contributed by atoms with E-state index in [1.165, 1.54) is 0 Å². The average molecular weight is 474 g/mol. The van der Waals surface area contributed by atoms with Crippen molar-refractivity contribution in [1.82, 2.24) is 23.1 Å². The Morgan fingerprint density at radius 2 is 1.81 bits per heavy atom. The Morgan fingerprint density at radius 3 is 2.44 bits per heavy atom. The van der Waals surface area contributed by atoms with E-state index in [1.54, 1.807) is 16.9 Å². The highest BCUT2D eigenvalue weighted by Gasteiger charge is 2.39. The number of anilines is 1. The van der Waals surface area contributed by atoms with Gasteiger partial charge < -0.3 is 10.0 Å². The van der Waals surface area contributed by atoms with Gasteiger partial charge in [-0.1, -0.05) is 0 Å². The lowest BCUT2D eigenvalue weighted by molar-refractivity contribution is 0.476. The Labute approximate surface area is 171 Å². The second-order valence-electron chi connectivity index (χ2n) is 7.18. The van der Waals surface area contributed by atoms with Gasteiger partial charge in [0.15, 0.2) is 5.82 Å². The van der Waals surface area contributed by atoms with Gasteiger partial charge in [-0.2, -0.15) is 5.10 Å². The van der Waals surface area contributed by atoms with Gasteiger partial charge in [-0.3, -0.25) is 0 Å². The van der Waals surface area contributed by atoms with Gasteiger partial charge in [-0.25, -0.2) is 7.80 Å². The third-order valence-corrected chi connectivity index (χ3v) is 6.23. The number of nitrogens with zero attached hydrogens (tertiary/aromatic N) is 6. The maximum atomic E-state index is 10.4. The Hall–Kier alpha value is -2.20. The first-order chi connectivity index (χ1) is 13.2. The van der Waals surface area contributed by atoms with E-state index < -0.39 is 0 Å². The number of aromatic nitrogens is 4. The number of rotatable bonds is 3. The van der Waals surface area contributed by atoms with E-state index in [2.05, 4.69) is 46.2 Å². The van der Waals surface area contributed by atoms with Crippen LogP contribution >= 0.6 is 22.9 Å². The van der Waals surface area contributed by atoms with Crippen LogP contribution in [0.15, 0.2) is 48.8 Å². The summed E-state index contributed by atoms with van der Waals surface area (Å²) in [6.07, 6.45) is 3.55. The lowest BCUT2D eigenvalue weighted by atomic mass is 10.0. The Kier molecular flexibility index (Phi) is 4.24. The fraction of sp³-hybridized carbons (Fsp3) is 0.316. The number of aromatic hydroxyl groups is 1. The molecule has 7 nitrogen and oxygen atoms in total. The first kappa shape index (κ1) is 16.9. The molecule has 2 aromatic heterocycles. The quantitative estimate of drug-likeness (QED) is 0.465. The minimum atomic E-state index is 0.169. The molecule has 8 heteroatoms. The fourth-order valence-electron chi connectivity index (χ4n) is 4.06. The smallest absolute Gasteiger partial charge is 0.151 e. The van der Waals surface area contributed by atoms with Gasteiger partial charge in [0.1, 0.15) is 5.75 Å². The van der Waals surface area contributed by atoms with Crippen LogP contribution in [0.1, 0.15) is 0 Å². The molecule has 27 heavy (non-hydrogen) atoms. The van der Waals surface area contributed by atoms with Gasteiger partial charge in [0.05, 0.1) is 11.4 Å². The lowest BCUT2D eigenvalue weighted by Crippen LogP contribution is -2.25. The molecular formula is C19H19IN6O. The zero-order valence-electron chi connectivity index (χ0n) is 14.6. The SMILES string of the molecule is Oc1cc(-n2cccn2)ccc1-c1ccc(N2C[C@H]3CN(I)C[C@H]3C2)nn1. The van der Waals surface area contributed by atoms with Crippen LogP contribution in [0.25, 0.3) is 16.9 Å². The van der Waals surface area contributed by atoms with E-state index in [4.69, 9.17) is 0 Å². The summed E-state index contributed by atoms with van der Waals surface area (Å²) >= 11 is 2.42. The van der Waals surface area contributed by atoms with Crippen LogP contribution in [-0.2, 0) is 0 Å². The van der Waals surface area contributed by atoms with Gasteiger partial charge >= 0.3 is 0 Å². The van der Waals surface area contributed by atoms with Crippen molar-refractivity contribution in [3.8, 4) is 22.7 Å². The molecule has 2 fully saturated rings. The second-order valence-corrected chi connectivity index (χ2v) is 8.55. The molecule has 0 saturated carbocycles. The van der Waals surface area contributed by atoms with E-state index >= 15 is 0 Å². The van der Waals surface area contributed by atoms with Gasteiger partial charge in [-0.15, -0.1) is 10.2 Å². The van der Waals surface area contributed by atoms with E-state index in [-0.39, 0.29) is 5.75 Å². The predicted molar refractivity (Wildman–Crippen MR) is 111 cm³/mol. The van der Waals surface area contributed by atoms with Crippen LogP contribution in [-0.4, -0.2) is 54.4 Å². The summed E-state index contributed by atoms with van der Waals surface area (Å²) in [7, 11) is 0. The first-order valence-electron chi connectivity index (χ1n) is 9.00. The molecule has 3 aromatic rings. The van der Waals surface area contributed by atoms with E-state index in [9.17, 15) is 5.11 Å². The number of halogens is 1. The molecule has 0 radical (unpaired) electrons. The van der Waals surface area contributed by atoms with Crippen molar-refractivity contribution < 1.29 is 5.11 Å². The van der Waals surface area contributed by atoms with Gasteiger partial charge in [-0.05, 0) is 42.2 Å². The summed E-state index contributed by atoms with van der Waals surface area (Å²) in [5, 5.41) is 23.4. The summed E-state index contributed by atoms with van der Waals surface area (Å²) in [5.74, 6) is 2.54. The van der Waals surface area contributed by atoms with Crippen molar-refractivity contribution in [2.24, 2.45) is 11.8 Å². The van der Waals surface area contributed by atoms with Crippen molar-refractivity contribution in [2.75, 3.05) is 31.1 Å². The van der Waals surface area contributed by atoms with E-state index in [0.29, 0.717) is 11.3 Å². The van der Waals surface area contributed by atoms with Gasteiger partial charge in [0.25, 0.3) is 0 Å². The number of phenols is 1. The third-order valence-electron chi connectivity index (χ3n) is 5.44. The zero-order chi connectivity index (χ0) is 18.4. The van der Waals surface area contributed by atoms with E-state index in [0.717, 1.165) is 49.5 Å². The summed E-state index contributed by atoms with van der Waals surface area (Å²) in [4.78, 5) is 2.33. The second kappa shape index (κ2) is 6.75. The van der Waals surface area contributed by atoms with Crippen molar-refractivity contribution in [3.63, 3.8) is 0 Å². The zero-order valence-corrected chi connectivity index (χ0v) is 16.8. The molecule has 2 aliphatic rings. The normalized spacial score (nSPS) is 22.3. The Balaban J connectivity index is 1.35. The van der Waals surface area contributed by atoms with Crippen molar-refractivity contribution in [2.45, 2.75) is 0 Å². The molecule has 1 aromatic carbocycles. The molecule has 2 saturated heterocycles. The maximum Gasteiger partial charge on any atom is 0.151 e. The Morgan fingerprint density at radius 1 is 1.00 bits per heavy atom. The summed E-state index contributed by atoms with van der Waals surface area (Å²) < 4.78 is 4.09. The molecule has 0 aliphatic carbocycles. The summed E-state index contributed by atoms with van der Waals surface area (Å²) in [5.41, 5.74) is 2.14. The molecule has 1 N–H and O–H groups in total. The molecule has 138 valence electrons. The molecule has 5 rings (SSSR count). The molecule has 2 atom stereocenters. The largest absolute Gasteiger partial charge is 0.507 e. The highest BCUT2D eigenvalue weighted by atomic mass is 127. The number of hydrogen-bond acceptors (Lipinski definition) is 6. The van der Waals surface area contributed by atoms with Crippen LogP contribution in [0.3, 0.4) is 0 Å². The lowest BCUT2D eigenvalue weighted by Gasteiger charge is -2.19. The standard InChI is InChI=1S/C19H19IN6O/c20-25-11-13-9-24(10-14(13)12-25)19-5-4-17(22-23-19)16-3-2-15(8-18(16)27)26-7-1-6-21-26/h1-8,13-14,27H,9-12H2/t13-,14+. The summed E-state index contributed by atoms with van der Waals surface area (Å²) in [6.45, 7) is 4.40. The van der Waals surface area contributed by atoms with Crippen molar-refractivity contribution >= 4 is 28.7 Å². The van der Waals surface area contributed by atoms with Gasteiger partial charge in [0, 0.05) is 73.1 Å². The average Bonchev–Trinajstić information content (AvgIpc) is 3.38. The molecule has 0 spiro atoms. The van der Waals surface area contributed by atoms with Crippen LogP contribution in [0.2, 0.25) is 0 Å². The molecule has 4 heterocycles. The van der Waals surface area contributed by atoms with E-state index in [1.807, 2.05) is 36.5 Å². The molecule has 0 amide bonds. The molecule has 0 bridgehead atoms. The monoisotopic (exact) mass is 474 g/mol. The maximum absolute atomic E-state index is 10.4. The number of hydrogen-bond donors (Lipinski definition) is 1. The third kappa shape index (κ3) is 3.16. The van der Waals surface area contributed by atoms with Gasteiger partial charge in [0.2, 0.25) is 0 Å².